The summed E-state index contributed by atoms with van der Waals surface area (Å²) in [6.07, 6.45) is 0.968. The number of benzene rings is 1. The van der Waals surface area contributed by atoms with Crippen molar-refractivity contribution in [2.24, 2.45) is 0 Å². The zero-order valence-corrected chi connectivity index (χ0v) is 12.7. The molecule has 5 heteroatoms. The first kappa shape index (κ1) is 13.8. The van der Waals surface area contributed by atoms with Crippen LogP contribution in [-0.4, -0.2) is 22.8 Å². The van der Waals surface area contributed by atoms with Gasteiger partial charge in [-0.05, 0) is 31.5 Å². The van der Waals surface area contributed by atoms with Crippen LogP contribution in [0.4, 0.5) is 0 Å². The molecule has 0 unspecified atom stereocenters. The molecule has 0 radical (unpaired) electrons. The van der Waals surface area contributed by atoms with E-state index in [-0.39, 0.29) is 0 Å². The molecule has 0 atom stereocenters. The lowest BCUT2D eigenvalue weighted by Gasteiger charge is -2.07. The van der Waals surface area contributed by atoms with Crippen molar-refractivity contribution in [3.63, 3.8) is 0 Å². The third kappa shape index (κ3) is 3.05. The van der Waals surface area contributed by atoms with Crippen LogP contribution in [0.25, 0.3) is 11.0 Å². The minimum absolute atomic E-state index is 0.431. The van der Waals surface area contributed by atoms with E-state index in [0.717, 1.165) is 47.5 Å². The highest BCUT2D eigenvalue weighted by Gasteiger charge is 2.09. The Labute approximate surface area is 120 Å². The second kappa shape index (κ2) is 6.55. The molecule has 0 aliphatic carbocycles. The lowest BCUT2D eigenvalue weighted by Crippen LogP contribution is -2.05. The summed E-state index contributed by atoms with van der Waals surface area (Å²) in [7, 11) is 0. The normalized spacial score (nSPS) is 11.3. The van der Waals surface area contributed by atoms with Crippen molar-refractivity contribution in [1.29, 1.82) is 0 Å². The molecule has 0 aliphatic heterocycles. The number of rotatable bonds is 6. The van der Waals surface area contributed by atoms with Crippen molar-refractivity contribution in [1.82, 2.24) is 9.55 Å². The van der Waals surface area contributed by atoms with Gasteiger partial charge in [0, 0.05) is 24.2 Å². The summed E-state index contributed by atoms with van der Waals surface area (Å²) in [5, 5.41) is 0. The predicted molar refractivity (Wildman–Crippen MR) is 78.1 cm³/mol. The Bertz CT molecular complexity index is 527. The van der Waals surface area contributed by atoms with Crippen LogP contribution in [-0.2, 0) is 17.2 Å². The van der Waals surface area contributed by atoms with Crippen LogP contribution in [0.1, 0.15) is 19.2 Å². The number of imidazole rings is 1. The fraction of sp³-hybridized carbons (Fsp3) is 0.462. The molecule has 0 aliphatic rings. The van der Waals surface area contributed by atoms with Gasteiger partial charge < -0.3 is 9.30 Å². The van der Waals surface area contributed by atoms with Gasteiger partial charge in [0.2, 0.25) is 0 Å². The Hall–Kier alpha value is -0.580. The minimum Gasteiger partial charge on any atom is -0.382 e. The van der Waals surface area contributed by atoms with E-state index in [9.17, 15) is 0 Å². The zero-order chi connectivity index (χ0) is 13.0. The molecule has 2 aromatic rings. The predicted octanol–water partition coefficient (Wildman–Crippen LogP) is 3.96. The Kier molecular flexibility index (Phi) is 5.03. The van der Waals surface area contributed by atoms with E-state index in [0.29, 0.717) is 5.88 Å². The van der Waals surface area contributed by atoms with Crippen molar-refractivity contribution in [2.75, 3.05) is 13.2 Å². The molecule has 1 aromatic heterocycles. The van der Waals surface area contributed by atoms with Crippen molar-refractivity contribution in [3.05, 3.63) is 28.5 Å². The van der Waals surface area contributed by atoms with Crippen molar-refractivity contribution >= 4 is 38.6 Å². The molecule has 1 aromatic carbocycles. The average molecular weight is 332 g/mol. The van der Waals surface area contributed by atoms with Gasteiger partial charge >= 0.3 is 0 Å². The standard InChI is InChI=1S/C13H16BrClN2O/c1-2-18-7-3-6-17-12-8-10(14)4-5-11(12)16-13(17)9-15/h4-5,8H,2-3,6-7,9H2,1H3. The summed E-state index contributed by atoms with van der Waals surface area (Å²) < 4.78 is 8.60. The highest BCUT2D eigenvalue weighted by molar-refractivity contribution is 9.10. The molecule has 1 heterocycles. The van der Waals surface area contributed by atoms with Gasteiger partial charge in [0.1, 0.15) is 5.82 Å². The lowest BCUT2D eigenvalue weighted by atomic mass is 10.3. The summed E-state index contributed by atoms with van der Waals surface area (Å²) in [5.41, 5.74) is 2.11. The van der Waals surface area contributed by atoms with Crippen LogP contribution in [0.2, 0.25) is 0 Å². The summed E-state index contributed by atoms with van der Waals surface area (Å²) in [5.74, 6) is 1.35. The largest absolute Gasteiger partial charge is 0.382 e. The molecule has 0 fully saturated rings. The number of aryl methyl sites for hydroxylation is 1. The van der Waals surface area contributed by atoms with E-state index < -0.39 is 0 Å². The van der Waals surface area contributed by atoms with Crippen molar-refractivity contribution < 1.29 is 4.74 Å². The van der Waals surface area contributed by atoms with E-state index >= 15 is 0 Å². The fourth-order valence-electron chi connectivity index (χ4n) is 1.97. The molecule has 0 bridgehead atoms. The molecule has 0 saturated carbocycles. The second-order valence-electron chi connectivity index (χ2n) is 4.00. The van der Waals surface area contributed by atoms with Gasteiger partial charge in [0.15, 0.2) is 0 Å². The van der Waals surface area contributed by atoms with Gasteiger partial charge in [-0.25, -0.2) is 4.98 Å². The first-order valence-corrected chi connectivity index (χ1v) is 7.37. The Morgan fingerprint density at radius 3 is 3.00 bits per heavy atom. The molecular weight excluding hydrogens is 316 g/mol. The molecule has 18 heavy (non-hydrogen) atoms. The average Bonchev–Trinajstić information content (AvgIpc) is 2.72. The summed E-state index contributed by atoms with van der Waals surface area (Å²) in [6.45, 7) is 4.42. The summed E-state index contributed by atoms with van der Waals surface area (Å²) >= 11 is 9.45. The molecule has 2 rings (SSSR count). The number of fused-ring (bicyclic) bond motifs is 1. The van der Waals surface area contributed by atoms with E-state index in [2.05, 4.69) is 31.5 Å². The van der Waals surface area contributed by atoms with Crippen LogP contribution < -0.4 is 0 Å². The van der Waals surface area contributed by atoms with Crippen LogP contribution in [0.15, 0.2) is 22.7 Å². The quantitative estimate of drug-likeness (QED) is 0.591. The van der Waals surface area contributed by atoms with Crippen LogP contribution >= 0.6 is 27.5 Å². The van der Waals surface area contributed by atoms with Gasteiger partial charge in [-0.15, -0.1) is 11.6 Å². The van der Waals surface area contributed by atoms with Crippen LogP contribution in [0.5, 0.6) is 0 Å². The van der Waals surface area contributed by atoms with Gasteiger partial charge in [-0.1, -0.05) is 15.9 Å². The van der Waals surface area contributed by atoms with Crippen molar-refractivity contribution in [2.45, 2.75) is 25.8 Å². The lowest BCUT2D eigenvalue weighted by molar-refractivity contribution is 0.142. The molecule has 0 N–H and O–H groups in total. The molecular formula is C13H16BrClN2O. The highest BCUT2D eigenvalue weighted by atomic mass is 79.9. The first-order chi connectivity index (χ1) is 8.76. The molecule has 0 amide bonds. The number of alkyl halides is 1. The number of halogens is 2. The fourth-order valence-corrected chi connectivity index (χ4v) is 2.52. The Morgan fingerprint density at radius 1 is 1.44 bits per heavy atom. The Morgan fingerprint density at radius 2 is 2.28 bits per heavy atom. The maximum atomic E-state index is 5.96. The van der Waals surface area contributed by atoms with E-state index in [1.165, 1.54) is 0 Å². The zero-order valence-electron chi connectivity index (χ0n) is 10.3. The van der Waals surface area contributed by atoms with E-state index in [1.807, 2.05) is 19.1 Å². The third-order valence-corrected chi connectivity index (χ3v) is 3.52. The van der Waals surface area contributed by atoms with Gasteiger partial charge in [-0.3, -0.25) is 0 Å². The number of hydrogen-bond donors (Lipinski definition) is 0. The molecule has 98 valence electrons. The maximum absolute atomic E-state index is 5.96. The SMILES string of the molecule is CCOCCCn1c(CCl)nc2ccc(Br)cc21. The molecule has 3 nitrogen and oxygen atoms in total. The number of ether oxygens (including phenoxy) is 1. The van der Waals surface area contributed by atoms with Gasteiger partial charge in [0.25, 0.3) is 0 Å². The van der Waals surface area contributed by atoms with Crippen molar-refractivity contribution in [3.8, 4) is 0 Å². The van der Waals surface area contributed by atoms with Gasteiger partial charge in [0.05, 0.1) is 16.9 Å². The second-order valence-corrected chi connectivity index (χ2v) is 5.18. The Balaban J connectivity index is 2.25. The van der Waals surface area contributed by atoms with E-state index in [4.69, 9.17) is 16.3 Å². The smallest absolute Gasteiger partial charge is 0.124 e. The van der Waals surface area contributed by atoms with Gasteiger partial charge in [-0.2, -0.15) is 0 Å². The molecule has 0 spiro atoms. The number of aromatic nitrogens is 2. The highest BCUT2D eigenvalue weighted by Crippen LogP contribution is 2.22. The van der Waals surface area contributed by atoms with E-state index in [1.54, 1.807) is 0 Å². The maximum Gasteiger partial charge on any atom is 0.124 e. The monoisotopic (exact) mass is 330 g/mol. The third-order valence-electron chi connectivity index (χ3n) is 2.78. The molecule has 0 saturated heterocycles. The van der Waals surface area contributed by atoms with Crippen LogP contribution in [0.3, 0.4) is 0 Å². The summed E-state index contributed by atoms with van der Waals surface area (Å²) in [6, 6.07) is 6.09. The minimum atomic E-state index is 0.431. The first-order valence-electron chi connectivity index (χ1n) is 6.04. The number of nitrogens with zero attached hydrogens (tertiary/aromatic N) is 2. The summed E-state index contributed by atoms with van der Waals surface area (Å²) in [4.78, 5) is 4.54. The number of hydrogen-bond acceptors (Lipinski definition) is 2. The van der Waals surface area contributed by atoms with Crippen LogP contribution in [0, 0.1) is 0 Å². The topological polar surface area (TPSA) is 27.1 Å².